The predicted octanol–water partition coefficient (Wildman–Crippen LogP) is 2.19. The Morgan fingerprint density at radius 2 is 1.95 bits per heavy atom. The largest absolute Gasteiger partial charge is 0.381 e. The summed E-state index contributed by atoms with van der Waals surface area (Å²) in [5.74, 6) is 1.15. The molecule has 1 aromatic carbocycles. The number of nitrogen functional groups attached to an aromatic ring is 1. The lowest BCUT2D eigenvalue weighted by molar-refractivity contribution is 0.414. The van der Waals surface area contributed by atoms with Gasteiger partial charge in [-0.15, -0.1) is 12.4 Å². The molecule has 0 aliphatic carbocycles. The number of nitrogens with two attached hydrogens (primary N) is 1. The Hall–Kier alpha value is -1.59. The van der Waals surface area contributed by atoms with Gasteiger partial charge in [0.2, 0.25) is 0 Å². The minimum atomic E-state index is 0. The Bertz CT molecular complexity index is 568. The number of fused-ring (bicyclic) bond motifs is 1. The summed E-state index contributed by atoms with van der Waals surface area (Å²) >= 11 is 0. The number of halogens is 1. The molecule has 1 saturated heterocycles. The van der Waals surface area contributed by atoms with Crippen LogP contribution in [0.25, 0.3) is 11.0 Å². The molecule has 2 aromatic rings. The highest BCUT2D eigenvalue weighted by Gasteiger charge is 2.13. The van der Waals surface area contributed by atoms with Gasteiger partial charge in [-0.3, -0.25) is 0 Å². The fourth-order valence-electron chi connectivity index (χ4n) is 2.46. The number of hydrogen-bond donors (Lipinski definition) is 3. The van der Waals surface area contributed by atoms with Crippen LogP contribution in [0.1, 0.15) is 19.3 Å². The molecule has 20 heavy (non-hydrogen) atoms. The van der Waals surface area contributed by atoms with E-state index in [0.717, 1.165) is 24.1 Å². The van der Waals surface area contributed by atoms with Gasteiger partial charge in [-0.1, -0.05) is 18.6 Å². The number of rotatable bonds is 3. The quantitative estimate of drug-likeness (QED) is 0.809. The van der Waals surface area contributed by atoms with Crippen LogP contribution in [0.5, 0.6) is 0 Å². The molecule has 1 fully saturated rings. The van der Waals surface area contributed by atoms with Gasteiger partial charge in [0.15, 0.2) is 11.6 Å². The minimum absolute atomic E-state index is 0. The summed E-state index contributed by atoms with van der Waals surface area (Å²) in [5.41, 5.74) is 7.65. The van der Waals surface area contributed by atoms with Crippen molar-refractivity contribution in [3.63, 3.8) is 0 Å². The van der Waals surface area contributed by atoms with Crippen molar-refractivity contribution in [3.05, 3.63) is 24.3 Å². The van der Waals surface area contributed by atoms with Gasteiger partial charge in [-0.25, -0.2) is 9.97 Å². The first-order chi connectivity index (χ1) is 9.33. The van der Waals surface area contributed by atoms with E-state index in [1.807, 2.05) is 24.3 Å². The first kappa shape index (κ1) is 14.8. The molecule has 3 rings (SSSR count). The second kappa shape index (κ2) is 6.72. The van der Waals surface area contributed by atoms with Crippen LogP contribution in [0.15, 0.2) is 24.3 Å². The average Bonchev–Trinajstić information content (AvgIpc) is 2.46. The highest BCUT2D eigenvalue weighted by atomic mass is 35.5. The summed E-state index contributed by atoms with van der Waals surface area (Å²) in [7, 11) is 0. The minimum Gasteiger partial charge on any atom is -0.381 e. The number of aromatic nitrogens is 2. The first-order valence-corrected chi connectivity index (χ1v) is 6.82. The van der Waals surface area contributed by atoms with Crippen molar-refractivity contribution in [2.75, 3.05) is 24.1 Å². The van der Waals surface area contributed by atoms with Crippen molar-refractivity contribution in [3.8, 4) is 0 Å². The number of anilines is 2. The van der Waals surface area contributed by atoms with E-state index in [1.54, 1.807) is 0 Å². The van der Waals surface area contributed by atoms with E-state index in [2.05, 4.69) is 20.6 Å². The Morgan fingerprint density at radius 1 is 1.20 bits per heavy atom. The Labute approximate surface area is 124 Å². The molecule has 2 heterocycles. The molecule has 1 aliphatic heterocycles. The average molecular weight is 294 g/mol. The molecule has 0 amide bonds. The topological polar surface area (TPSA) is 75.9 Å². The van der Waals surface area contributed by atoms with Crippen LogP contribution >= 0.6 is 12.4 Å². The molecule has 0 radical (unpaired) electrons. The maximum Gasteiger partial charge on any atom is 0.169 e. The monoisotopic (exact) mass is 293 g/mol. The maximum atomic E-state index is 5.95. The Balaban J connectivity index is 0.00000147. The van der Waals surface area contributed by atoms with E-state index in [1.165, 1.54) is 19.3 Å². The van der Waals surface area contributed by atoms with Crippen molar-refractivity contribution in [2.24, 2.45) is 0 Å². The molecular formula is C14H20ClN5. The highest BCUT2D eigenvalue weighted by molar-refractivity contribution is 5.85. The summed E-state index contributed by atoms with van der Waals surface area (Å²) < 4.78 is 0. The fraction of sp³-hybridized carbons (Fsp3) is 0.429. The number of hydrogen-bond acceptors (Lipinski definition) is 5. The SMILES string of the molecule is Cl.Nc1nc2ccccc2nc1NCC1CCCCN1. The smallest absolute Gasteiger partial charge is 0.169 e. The molecule has 0 spiro atoms. The van der Waals surface area contributed by atoms with Crippen molar-refractivity contribution in [2.45, 2.75) is 25.3 Å². The molecule has 1 atom stereocenters. The predicted molar refractivity (Wildman–Crippen MR) is 85.3 cm³/mol. The molecule has 4 N–H and O–H groups in total. The van der Waals surface area contributed by atoms with Crippen LogP contribution in [0.2, 0.25) is 0 Å². The van der Waals surface area contributed by atoms with Gasteiger partial charge in [0.1, 0.15) is 0 Å². The molecule has 5 nitrogen and oxygen atoms in total. The summed E-state index contributed by atoms with van der Waals surface area (Å²) in [5, 5.41) is 6.81. The number of nitrogens with zero attached hydrogens (tertiary/aromatic N) is 2. The highest BCUT2D eigenvalue weighted by Crippen LogP contribution is 2.18. The lowest BCUT2D eigenvalue weighted by Gasteiger charge is -2.24. The molecule has 1 aromatic heterocycles. The Morgan fingerprint density at radius 3 is 2.65 bits per heavy atom. The van der Waals surface area contributed by atoms with Gasteiger partial charge in [0.25, 0.3) is 0 Å². The molecule has 0 bridgehead atoms. The van der Waals surface area contributed by atoms with Gasteiger partial charge < -0.3 is 16.4 Å². The van der Waals surface area contributed by atoms with Crippen LogP contribution in [0.3, 0.4) is 0 Å². The zero-order valence-corrected chi connectivity index (χ0v) is 12.1. The lowest BCUT2D eigenvalue weighted by Crippen LogP contribution is -2.39. The standard InChI is InChI=1S/C14H19N5.ClH/c15-13-14(17-9-10-5-3-4-8-16-10)19-12-7-2-1-6-11(12)18-13;/h1-2,6-7,10,16H,3-5,8-9H2,(H2,15,18)(H,17,19);1H. The van der Waals surface area contributed by atoms with Crippen LogP contribution in [-0.2, 0) is 0 Å². The molecule has 1 unspecified atom stereocenters. The number of nitrogens with one attached hydrogen (secondary N) is 2. The van der Waals surface area contributed by atoms with Crippen molar-refractivity contribution in [1.29, 1.82) is 0 Å². The zero-order valence-electron chi connectivity index (χ0n) is 11.3. The number of benzene rings is 1. The van der Waals surface area contributed by atoms with E-state index in [9.17, 15) is 0 Å². The second-order valence-corrected chi connectivity index (χ2v) is 4.97. The first-order valence-electron chi connectivity index (χ1n) is 6.82. The number of para-hydroxylation sites is 2. The maximum absolute atomic E-state index is 5.95. The fourth-order valence-corrected chi connectivity index (χ4v) is 2.46. The summed E-state index contributed by atoms with van der Waals surface area (Å²) in [6.07, 6.45) is 3.76. The van der Waals surface area contributed by atoms with Crippen molar-refractivity contribution < 1.29 is 0 Å². The van der Waals surface area contributed by atoms with Crippen LogP contribution in [0.4, 0.5) is 11.6 Å². The summed E-state index contributed by atoms with van der Waals surface area (Å²) in [6.45, 7) is 1.95. The third-order valence-corrected chi connectivity index (χ3v) is 3.53. The third kappa shape index (κ3) is 3.29. The third-order valence-electron chi connectivity index (χ3n) is 3.53. The van der Waals surface area contributed by atoms with Crippen molar-refractivity contribution in [1.82, 2.24) is 15.3 Å². The lowest BCUT2D eigenvalue weighted by atomic mass is 10.1. The molecule has 1 aliphatic rings. The molecule has 6 heteroatoms. The van der Waals surface area contributed by atoms with Crippen LogP contribution < -0.4 is 16.4 Å². The van der Waals surface area contributed by atoms with Gasteiger partial charge >= 0.3 is 0 Å². The van der Waals surface area contributed by atoms with E-state index in [0.29, 0.717) is 17.7 Å². The van der Waals surface area contributed by atoms with E-state index in [4.69, 9.17) is 5.73 Å². The van der Waals surface area contributed by atoms with Crippen molar-refractivity contribution >= 4 is 35.1 Å². The number of piperidine rings is 1. The molecule has 0 saturated carbocycles. The van der Waals surface area contributed by atoms with Crippen LogP contribution in [0, 0.1) is 0 Å². The van der Waals surface area contributed by atoms with E-state index >= 15 is 0 Å². The molecular weight excluding hydrogens is 274 g/mol. The van der Waals surface area contributed by atoms with Crippen LogP contribution in [-0.4, -0.2) is 29.1 Å². The van der Waals surface area contributed by atoms with Gasteiger partial charge in [0.05, 0.1) is 11.0 Å². The summed E-state index contributed by atoms with van der Waals surface area (Å²) in [4.78, 5) is 8.90. The summed E-state index contributed by atoms with van der Waals surface area (Å²) in [6, 6.07) is 8.27. The normalized spacial score (nSPS) is 18.5. The van der Waals surface area contributed by atoms with Gasteiger partial charge in [0, 0.05) is 12.6 Å². The van der Waals surface area contributed by atoms with E-state index in [-0.39, 0.29) is 12.4 Å². The van der Waals surface area contributed by atoms with E-state index < -0.39 is 0 Å². The Kier molecular flexibility index (Phi) is 4.98. The zero-order chi connectivity index (χ0) is 13.1. The van der Waals surface area contributed by atoms with Gasteiger partial charge in [-0.05, 0) is 31.5 Å². The second-order valence-electron chi connectivity index (χ2n) is 4.97. The van der Waals surface area contributed by atoms with Gasteiger partial charge in [-0.2, -0.15) is 0 Å². The molecule has 108 valence electrons.